The summed E-state index contributed by atoms with van der Waals surface area (Å²) in [7, 11) is 3.14. The third-order valence-electron chi connectivity index (χ3n) is 3.09. The van der Waals surface area contributed by atoms with Crippen molar-refractivity contribution >= 4 is 38.9 Å². The molecule has 1 unspecified atom stereocenters. The van der Waals surface area contributed by atoms with E-state index >= 15 is 0 Å². The van der Waals surface area contributed by atoms with Crippen LogP contribution in [0.4, 0.5) is 0 Å². The molecule has 3 N–H and O–H groups in total. The molecule has 114 valence electrons. The maximum atomic E-state index is 6.24. The smallest absolute Gasteiger partial charge is 0.179 e. The van der Waals surface area contributed by atoms with Gasteiger partial charge in [-0.2, -0.15) is 0 Å². The standard InChI is InChI=1S/C14H16BrClN2O2S/c1-19-12-6-8(5-10(16)14(12)20-2)11(18-17)7-9-3-4-13(15)21-9/h3-6,11,18H,7,17H2,1-2H3. The number of hydrogen-bond acceptors (Lipinski definition) is 5. The third-order valence-corrected chi connectivity index (χ3v) is 5.02. The van der Waals surface area contributed by atoms with Crippen LogP contribution in [-0.4, -0.2) is 14.2 Å². The first-order valence-electron chi connectivity index (χ1n) is 6.20. The molecule has 0 fully saturated rings. The number of methoxy groups -OCH3 is 2. The molecule has 0 saturated carbocycles. The van der Waals surface area contributed by atoms with Gasteiger partial charge in [0.2, 0.25) is 0 Å². The molecule has 0 saturated heterocycles. The largest absolute Gasteiger partial charge is 0.493 e. The second kappa shape index (κ2) is 7.47. The van der Waals surface area contributed by atoms with E-state index in [0.717, 1.165) is 15.8 Å². The zero-order chi connectivity index (χ0) is 15.4. The topological polar surface area (TPSA) is 56.5 Å². The minimum Gasteiger partial charge on any atom is -0.493 e. The van der Waals surface area contributed by atoms with Gasteiger partial charge >= 0.3 is 0 Å². The Morgan fingerprint density at radius 3 is 2.62 bits per heavy atom. The quantitative estimate of drug-likeness (QED) is 0.579. The minimum atomic E-state index is -0.0622. The van der Waals surface area contributed by atoms with Crippen molar-refractivity contribution < 1.29 is 9.47 Å². The van der Waals surface area contributed by atoms with E-state index in [1.54, 1.807) is 25.6 Å². The first kappa shape index (κ1) is 16.6. The Labute approximate surface area is 141 Å². The molecule has 2 rings (SSSR count). The number of hydrazine groups is 1. The number of nitrogens with one attached hydrogen (secondary N) is 1. The Balaban J connectivity index is 2.31. The van der Waals surface area contributed by atoms with Crippen LogP contribution in [0.1, 0.15) is 16.5 Å². The van der Waals surface area contributed by atoms with Crippen LogP contribution in [0.15, 0.2) is 28.1 Å². The Bertz CT molecular complexity index is 621. The Morgan fingerprint density at radius 2 is 2.10 bits per heavy atom. The van der Waals surface area contributed by atoms with Crippen molar-refractivity contribution in [2.45, 2.75) is 12.5 Å². The summed E-state index contributed by atoms with van der Waals surface area (Å²) in [6.45, 7) is 0. The summed E-state index contributed by atoms with van der Waals surface area (Å²) in [5, 5.41) is 0.500. The number of rotatable bonds is 6. The van der Waals surface area contributed by atoms with Crippen LogP contribution in [0.3, 0.4) is 0 Å². The summed E-state index contributed by atoms with van der Waals surface area (Å²) in [6, 6.07) is 7.76. The predicted octanol–water partition coefficient (Wildman–Crippen LogP) is 3.93. The van der Waals surface area contributed by atoms with Gasteiger partial charge in [-0.25, -0.2) is 0 Å². The Kier molecular flexibility index (Phi) is 5.89. The van der Waals surface area contributed by atoms with Crippen molar-refractivity contribution in [1.82, 2.24) is 5.43 Å². The molecule has 1 heterocycles. The first-order valence-corrected chi connectivity index (χ1v) is 8.19. The lowest BCUT2D eigenvalue weighted by Crippen LogP contribution is -2.29. The van der Waals surface area contributed by atoms with Crippen molar-refractivity contribution in [2.24, 2.45) is 5.84 Å². The van der Waals surface area contributed by atoms with E-state index in [1.807, 2.05) is 18.2 Å². The van der Waals surface area contributed by atoms with Crippen LogP contribution < -0.4 is 20.7 Å². The van der Waals surface area contributed by atoms with Crippen LogP contribution in [0, 0.1) is 0 Å². The van der Waals surface area contributed by atoms with Gasteiger partial charge in [-0.05, 0) is 45.8 Å². The Morgan fingerprint density at radius 1 is 1.33 bits per heavy atom. The lowest BCUT2D eigenvalue weighted by Gasteiger charge is -2.18. The number of benzene rings is 1. The van der Waals surface area contributed by atoms with Gasteiger partial charge in [-0.3, -0.25) is 11.3 Å². The second-order valence-corrected chi connectivity index (χ2v) is 7.32. The molecule has 0 aliphatic rings. The molecule has 0 bridgehead atoms. The van der Waals surface area contributed by atoms with E-state index in [9.17, 15) is 0 Å². The second-order valence-electron chi connectivity index (χ2n) is 4.37. The first-order chi connectivity index (χ1) is 10.1. The van der Waals surface area contributed by atoms with Crippen LogP contribution in [0.5, 0.6) is 11.5 Å². The third kappa shape index (κ3) is 3.90. The predicted molar refractivity (Wildman–Crippen MR) is 90.3 cm³/mol. The fourth-order valence-corrected chi connectivity index (χ4v) is 3.90. The summed E-state index contributed by atoms with van der Waals surface area (Å²) < 4.78 is 11.7. The molecule has 1 aromatic carbocycles. The van der Waals surface area contributed by atoms with Crippen LogP contribution in [0.2, 0.25) is 5.02 Å². The lowest BCUT2D eigenvalue weighted by atomic mass is 10.0. The molecule has 0 amide bonds. The van der Waals surface area contributed by atoms with Crippen molar-refractivity contribution in [3.63, 3.8) is 0 Å². The van der Waals surface area contributed by atoms with Crippen molar-refractivity contribution in [2.75, 3.05) is 14.2 Å². The van der Waals surface area contributed by atoms with Crippen molar-refractivity contribution in [1.29, 1.82) is 0 Å². The van der Waals surface area contributed by atoms with Crippen molar-refractivity contribution in [3.05, 3.63) is 43.5 Å². The molecule has 0 radical (unpaired) electrons. The lowest BCUT2D eigenvalue weighted by molar-refractivity contribution is 0.354. The number of ether oxygens (including phenoxy) is 2. The van der Waals surface area contributed by atoms with Crippen LogP contribution in [-0.2, 0) is 6.42 Å². The SMILES string of the molecule is COc1cc(C(Cc2ccc(Br)s2)NN)cc(Cl)c1OC. The number of hydrogen-bond donors (Lipinski definition) is 2. The number of nitrogens with two attached hydrogens (primary N) is 1. The van der Waals surface area contributed by atoms with E-state index in [0.29, 0.717) is 16.5 Å². The monoisotopic (exact) mass is 390 g/mol. The van der Waals surface area contributed by atoms with E-state index in [2.05, 4.69) is 27.4 Å². The molecule has 1 aromatic heterocycles. The highest BCUT2D eigenvalue weighted by Gasteiger charge is 2.17. The van der Waals surface area contributed by atoms with Gasteiger partial charge < -0.3 is 9.47 Å². The number of thiophene rings is 1. The highest BCUT2D eigenvalue weighted by molar-refractivity contribution is 9.11. The van der Waals surface area contributed by atoms with Crippen molar-refractivity contribution in [3.8, 4) is 11.5 Å². The molecule has 4 nitrogen and oxygen atoms in total. The highest BCUT2D eigenvalue weighted by atomic mass is 79.9. The summed E-state index contributed by atoms with van der Waals surface area (Å²) in [6.07, 6.45) is 0.762. The Hall–Kier alpha value is -0.790. The van der Waals surface area contributed by atoms with E-state index in [4.69, 9.17) is 26.9 Å². The molecule has 0 aliphatic heterocycles. The molecule has 21 heavy (non-hydrogen) atoms. The van der Waals surface area contributed by atoms with Gasteiger partial charge in [0, 0.05) is 11.3 Å². The maximum Gasteiger partial charge on any atom is 0.179 e. The zero-order valence-electron chi connectivity index (χ0n) is 11.7. The molecule has 0 aliphatic carbocycles. The highest BCUT2D eigenvalue weighted by Crippen LogP contribution is 2.38. The van der Waals surface area contributed by atoms with Gasteiger partial charge in [0.1, 0.15) is 0 Å². The van der Waals surface area contributed by atoms with Gasteiger partial charge in [-0.15, -0.1) is 11.3 Å². The van der Waals surface area contributed by atoms with Gasteiger partial charge in [0.15, 0.2) is 11.5 Å². The molecule has 1 atom stereocenters. The van der Waals surface area contributed by atoms with Crippen LogP contribution in [0.25, 0.3) is 0 Å². The molecule has 7 heteroatoms. The van der Waals surface area contributed by atoms with Gasteiger partial charge in [-0.1, -0.05) is 11.6 Å². The average Bonchev–Trinajstić information content (AvgIpc) is 2.89. The van der Waals surface area contributed by atoms with E-state index in [1.165, 1.54) is 4.88 Å². The fraction of sp³-hybridized carbons (Fsp3) is 0.286. The average molecular weight is 392 g/mol. The van der Waals surface area contributed by atoms with Gasteiger partial charge in [0.25, 0.3) is 0 Å². The summed E-state index contributed by atoms with van der Waals surface area (Å²) >= 11 is 11.4. The molecular formula is C14H16BrClN2O2S. The van der Waals surface area contributed by atoms with Crippen LogP contribution >= 0.6 is 38.9 Å². The van der Waals surface area contributed by atoms with E-state index in [-0.39, 0.29) is 6.04 Å². The summed E-state index contributed by atoms with van der Waals surface area (Å²) in [4.78, 5) is 1.22. The summed E-state index contributed by atoms with van der Waals surface area (Å²) in [5.74, 6) is 6.82. The van der Waals surface area contributed by atoms with E-state index < -0.39 is 0 Å². The maximum absolute atomic E-state index is 6.24. The summed E-state index contributed by atoms with van der Waals surface area (Å²) in [5.41, 5.74) is 3.78. The molecule has 0 spiro atoms. The molecular weight excluding hydrogens is 376 g/mol. The normalized spacial score (nSPS) is 12.2. The fourth-order valence-electron chi connectivity index (χ4n) is 2.07. The number of halogens is 2. The molecule has 2 aromatic rings. The minimum absolute atomic E-state index is 0.0622. The van der Waals surface area contributed by atoms with Gasteiger partial charge in [0.05, 0.1) is 29.1 Å². The zero-order valence-corrected chi connectivity index (χ0v) is 14.8.